The highest BCUT2D eigenvalue weighted by Gasteiger charge is 2.11. The van der Waals surface area contributed by atoms with Gasteiger partial charge < -0.3 is 0 Å². The second kappa shape index (κ2) is 9.13. The van der Waals surface area contributed by atoms with E-state index in [1.807, 2.05) is 53.3 Å². The molecular weight excluding hydrogens is 437 g/mol. The molecule has 5 aromatic rings. The fraction of sp³-hybridized carbons (Fsp3) is 0.0400. The van der Waals surface area contributed by atoms with E-state index in [0.717, 1.165) is 22.4 Å². The monoisotopic (exact) mass is 455 g/mol. The van der Waals surface area contributed by atoms with Gasteiger partial charge in [0, 0.05) is 35.8 Å². The van der Waals surface area contributed by atoms with Crippen molar-refractivity contribution in [3.05, 3.63) is 102 Å². The van der Waals surface area contributed by atoms with Crippen LogP contribution in [0.3, 0.4) is 0 Å². The van der Waals surface area contributed by atoms with E-state index >= 15 is 0 Å². The number of carbonyl (C=O) groups excluding carboxylic acids is 1. The Kier molecular flexibility index (Phi) is 5.73. The van der Waals surface area contributed by atoms with E-state index in [0.29, 0.717) is 21.9 Å². The van der Waals surface area contributed by atoms with Gasteiger partial charge in [-0.3, -0.25) is 19.8 Å². The maximum absolute atomic E-state index is 13.4. The normalized spacial score (nSPS) is 11.3. The van der Waals surface area contributed by atoms with Gasteiger partial charge in [0.2, 0.25) is 5.91 Å². The van der Waals surface area contributed by atoms with Crippen molar-refractivity contribution in [3.63, 3.8) is 0 Å². The van der Waals surface area contributed by atoms with Crippen molar-refractivity contribution in [1.82, 2.24) is 19.7 Å². The predicted octanol–water partition coefficient (Wildman–Crippen LogP) is 5.39. The maximum Gasteiger partial charge on any atom is 0.250 e. The van der Waals surface area contributed by atoms with Crippen molar-refractivity contribution in [2.75, 3.05) is 5.32 Å². The number of anilines is 1. The number of fused-ring (bicyclic) bond motifs is 1. The summed E-state index contributed by atoms with van der Waals surface area (Å²) in [5.41, 5.74) is 4.15. The molecule has 0 unspecified atom stereocenters. The molecule has 0 fully saturated rings. The van der Waals surface area contributed by atoms with Crippen molar-refractivity contribution < 1.29 is 9.18 Å². The average molecular weight is 456 g/mol. The van der Waals surface area contributed by atoms with Crippen molar-refractivity contribution in [2.45, 2.75) is 6.54 Å². The highest BCUT2D eigenvalue weighted by atomic mass is 32.1. The second-order valence-corrected chi connectivity index (χ2v) is 8.34. The number of pyridine rings is 1. The minimum Gasteiger partial charge on any atom is -0.298 e. The van der Waals surface area contributed by atoms with Crippen LogP contribution in [0.5, 0.6) is 0 Å². The zero-order chi connectivity index (χ0) is 22.6. The summed E-state index contributed by atoms with van der Waals surface area (Å²) in [6.45, 7) is 0.608. The van der Waals surface area contributed by atoms with E-state index in [2.05, 4.69) is 15.3 Å². The summed E-state index contributed by atoms with van der Waals surface area (Å²) >= 11 is 1.23. The Morgan fingerprint density at radius 3 is 2.82 bits per heavy atom. The lowest BCUT2D eigenvalue weighted by Gasteiger charge is -2.01. The number of carbonyl (C=O) groups is 1. The first-order valence-corrected chi connectivity index (χ1v) is 11.0. The Bertz CT molecular complexity index is 1440. The molecule has 0 radical (unpaired) electrons. The van der Waals surface area contributed by atoms with Crippen molar-refractivity contribution in [3.8, 4) is 11.3 Å². The summed E-state index contributed by atoms with van der Waals surface area (Å²) in [7, 11) is 0. The minimum absolute atomic E-state index is 0.331. The van der Waals surface area contributed by atoms with Gasteiger partial charge in [-0.25, -0.2) is 9.37 Å². The first-order chi connectivity index (χ1) is 16.1. The summed E-state index contributed by atoms with van der Waals surface area (Å²) < 4.78 is 15.9. The summed E-state index contributed by atoms with van der Waals surface area (Å²) in [4.78, 5) is 21.0. The number of amides is 1. The number of nitrogens with one attached hydrogen (secondary N) is 1. The van der Waals surface area contributed by atoms with Crippen LogP contribution in [0.2, 0.25) is 0 Å². The van der Waals surface area contributed by atoms with Gasteiger partial charge in [0.05, 0.1) is 16.8 Å². The Morgan fingerprint density at radius 2 is 2.00 bits per heavy atom. The van der Waals surface area contributed by atoms with E-state index in [9.17, 15) is 9.18 Å². The SMILES string of the molecule is O=C(/C=C/c1cn(Cc2ccccc2)nc1-c1cccnc1)Nc1nc2ccc(F)cc2s1. The zero-order valence-corrected chi connectivity index (χ0v) is 18.2. The van der Waals surface area contributed by atoms with Crippen LogP contribution in [0.1, 0.15) is 11.1 Å². The van der Waals surface area contributed by atoms with Gasteiger partial charge in [0.25, 0.3) is 0 Å². The molecule has 2 aromatic carbocycles. The molecule has 5 rings (SSSR count). The van der Waals surface area contributed by atoms with Crippen LogP contribution in [-0.4, -0.2) is 25.7 Å². The molecule has 0 saturated heterocycles. The third-order valence-corrected chi connectivity index (χ3v) is 5.84. The van der Waals surface area contributed by atoms with Crippen LogP contribution in [0.25, 0.3) is 27.6 Å². The summed E-state index contributed by atoms with van der Waals surface area (Å²) in [5.74, 6) is -0.665. The molecule has 1 amide bonds. The first-order valence-electron chi connectivity index (χ1n) is 10.2. The molecule has 0 saturated carbocycles. The molecule has 0 spiro atoms. The number of rotatable bonds is 6. The summed E-state index contributed by atoms with van der Waals surface area (Å²) in [6, 6.07) is 18.2. The third-order valence-electron chi connectivity index (χ3n) is 4.91. The number of thiazole rings is 1. The predicted molar refractivity (Wildman–Crippen MR) is 128 cm³/mol. The Labute approximate surface area is 193 Å². The number of hydrogen-bond donors (Lipinski definition) is 1. The molecule has 0 aliphatic carbocycles. The standard InChI is InChI=1S/C25H18FN5OS/c26-20-9-10-21-22(13-20)33-25(28-21)29-23(32)11-8-19-16-31(15-17-5-2-1-3-6-17)30-24(19)18-7-4-12-27-14-18/h1-14,16H,15H2,(H,28,29,32)/b11-8+. The van der Waals surface area contributed by atoms with Crippen molar-refractivity contribution in [2.24, 2.45) is 0 Å². The van der Waals surface area contributed by atoms with E-state index in [1.165, 1.54) is 29.5 Å². The summed E-state index contributed by atoms with van der Waals surface area (Å²) in [5, 5.41) is 7.88. The molecule has 0 aliphatic heterocycles. The average Bonchev–Trinajstić information content (AvgIpc) is 3.41. The third kappa shape index (κ3) is 4.86. The van der Waals surface area contributed by atoms with Gasteiger partial charge in [-0.2, -0.15) is 5.10 Å². The van der Waals surface area contributed by atoms with Crippen LogP contribution < -0.4 is 5.32 Å². The molecule has 0 bridgehead atoms. The number of nitrogens with zero attached hydrogens (tertiary/aromatic N) is 4. The van der Waals surface area contributed by atoms with E-state index < -0.39 is 0 Å². The Hall–Kier alpha value is -4.17. The Morgan fingerprint density at radius 1 is 1.12 bits per heavy atom. The van der Waals surface area contributed by atoms with Crippen LogP contribution in [0.4, 0.5) is 9.52 Å². The second-order valence-electron chi connectivity index (χ2n) is 7.31. The van der Waals surface area contributed by atoms with Gasteiger partial charge >= 0.3 is 0 Å². The number of benzene rings is 2. The lowest BCUT2D eigenvalue weighted by atomic mass is 10.1. The number of hydrogen-bond acceptors (Lipinski definition) is 5. The van der Waals surface area contributed by atoms with Gasteiger partial charge in [0.1, 0.15) is 11.5 Å². The van der Waals surface area contributed by atoms with E-state index in [4.69, 9.17) is 5.10 Å². The Balaban J connectivity index is 1.39. The quantitative estimate of drug-likeness (QED) is 0.348. The van der Waals surface area contributed by atoms with Crippen molar-refractivity contribution >= 4 is 38.7 Å². The fourth-order valence-electron chi connectivity index (χ4n) is 3.40. The molecule has 0 atom stereocenters. The molecule has 0 aliphatic rings. The van der Waals surface area contributed by atoms with E-state index in [1.54, 1.807) is 24.5 Å². The van der Waals surface area contributed by atoms with Gasteiger partial charge in [-0.15, -0.1) is 0 Å². The molecule has 162 valence electrons. The smallest absolute Gasteiger partial charge is 0.250 e. The highest BCUT2D eigenvalue weighted by Crippen LogP contribution is 2.27. The molecule has 3 aromatic heterocycles. The fourth-order valence-corrected chi connectivity index (χ4v) is 4.30. The largest absolute Gasteiger partial charge is 0.298 e. The van der Waals surface area contributed by atoms with E-state index in [-0.39, 0.29) is 11.7 Å². The first kappa shape index (κ1) is 20.7. The molecular formula is C25H18FN5OS. The number of aromatic nitrogens is 4. The van der Waals surface area contributed by atoms with Gasteiger partial charge in [-0.05, 0) is 42.0 Å². The molecule has 6 nitrogen and oxygen atoms in total. The van der Waals surface area contributed by atoms with Crippen molar-refractivity contribution in [1.29, 1.82) is 0 Å². The van der Waals surface area contributed by atoms with Crippen LogP contribution >= 0.6 is 11.3 Å². The van der Waals surface area contributed by atoms with Gasteiger partial charge in [0.15, 0.2) is 5.13 Å². The van der Waals surface area contributed by atoms with Gasteiger partial charge in [-0.1, -0.05) is 41.7 Å². The highest BCUT2D eigenvalue weighted by molar-refractivity contribution is 7.22. The topological polar surface area (TPSA) is 72.7 Å². The molecule has 3 heterocycles. The lowest BCUT2D eigenvalue weighted by Crippen LogP contribution is -2.07. The molecule has 8 heteroatoms. The van der Waals surface area contributed by atoms with Crippen LogP contribution in [-0.2, 0) is 11.3 Å². The molecule has 33 heavy (non-hydrogen) atoms. The summed E-state index contributed by atoms with van der Waals surface area (Å²) in [6.07, 6.45) is 8.51. The lowest BCUT2D eigenvalue weighted by molar-refractivity contribution is -0.111. The maximum atomic E-state index is 13.4. The zero-order valence-electron chi connectivity index (χ0n) is 17.4. The minimum atomic E-state index is -0.334. The van der Waals surface area contributed by atoms with Crippen LogP contribution in [0.15, 0.2) is 85.3 Å². The number of halogens is 1. The molecule has 1 N–H and O–H groups in total. The van der Waals surface area contributed by atoms with Crippen LogP contribution in [0, 0.1) is 5.82 Å².